The van der Waals surface area contributed by atoms with Gasteiger partial charge in [-0.2, -0.15) is 4.98 Å². The molecule has 2 aromatic carbocycles. The summed E-state index contributed by atoms with van der Waals surface area (Å²) < 4.78 is 1.85. The first-order valence-corrected chi connectivity index (χ1v) is 11.1. The van der Waals surface area contributed by atoms with Crippen molar-refractivity contribution in [3.63, 3.8) is 0 Å². The van der Waals surface area contributed by atoms with E-state index in [-0.39, 0.29) is 11.9 Å². The molecule has 7 heteroatoms. The lowest BCUT2D eigenvalue weighted by Crippen LogP contribution is -2.16. The summed E-state index contributed by atoms with van der Waals surface area (Å²) in [5.74, 6) is 1.32. The third kappa shape index (κ3) is 3.86. The second-order valence-electron chi connectivity index (χ2n) is 8.41. The molecule has 7 nitrogen and oxygen atoms in total. The van der Waals surface area contributed by atoms with Crippen LogP contribution in [0.5, 0.6) is 0 Å². The summed E-state index contributed by atoms with van der Waals surface area (Å²) in [7, 11) is 0. The topological polar surface area (TPSA) is 84.7 Å². The minimum Gasteiger partial charge on any atom is -0.345 e. The number of fused-ring (bicyclic) bond motifs is 1. The van der Waals surface area contributed by atoms with Crippen LogP contribution in [0.15, 0.2) is 54.7 Å². The van der Waals surface area contributed by atoms with Gasteiger partial charge in [0.2, 0.25) is 5.95 Å². The number of aromatic nitrogens is 4. The zero-order chi connectivity index (χ0) is 23.1. The lowest BCUT2D eigenvalue weighted by Gasteiger charge is -2.12. The first-order valence-electron chi connectivity index (χ1n) is 11.1. The average molecular weight is 439 g/mol. The average Bonchev–Trinajstić information content (AvgIpc) is 3.35. The number of hydrogen-bond donors (Lipinski definition) is 2. The van der Waals surface area contributed by atoms with Crippen LogP contribution in [0.3, 0.4) is 0 Å². The van der Waals surface area contributed by atoms with E-state index in [4.69, 9.17) is 10.1 Å². The molecule has 4 aromatic rings. The van der Waals surface area contributed by atoms with Crippen LogP contribution in [0.2, 0.25) is 0 Å². The fourth-order valence-corrected chi connectivity index (χ4v) is 4.11. The van der Waals surface area contributed by atoms with Gasteiger partial charge in [-0.25, -0.2) is 4.68 Å². The molecule has 5 rings (SSSR count). The number of amides is 1. The number of carbonyl (C=O) groups excluding carboxylic acids is 1. The third-order valence-electron chi connectivity index (χ3n) is 6.06. The van der Waals surface area contributed by atoms with Gasteiger partial charge < -0.3 is 10.6 Å². The first kappa shape index (κ1) is 20.9. The SMILES string of the molecule is CCn1nc(-c2ccc(-c3ccc(C)nc3)cc2)nc1Nc1cc2c(cc1C)C(=O)N[C@@H]2C. The van der Waals surface area contributed by atoms with Crippen molar-refractivity contribution in [2.75, 3.05) is 5.32 Å². The molecule has 1 atom stereocenters. The molecule has 1 amide bonds. The molecule has 0 bridgehead atoms. The van der Waals surface area contributed by atoms with E-state index in [0.29, 0.717) is 18.3 Å². The molecule has 2 N–H and O–H groups in total. The summed E-state index contributed by atoms with van der Waals surface area (Å²) in [5.41, 5.74) is 7.78. The minimum atomic E-state index is -0.0176. The Labute approximate surface area is 192 Å². The third-order valence-corrected chi connectivity index (χ3v) is 6.06. The lowest BCUT2D eigenvalue weighted by atomic mass is 10.0. The molecule has 3 heterocycles. The maximum Gasteiger partial charge on any atom is 0.252 e. The number of nitrogens with zero attached hydrogens (tertiary/aromatic N) is 4. The van der Waals surface area contributed by atoms with E-state index in [1.165, 1.54) is 0 Å². The van der Waals surface area contributed by atoms with Gasteiger partial charge in [-0.05, 0) is 62.6 Å². The van der Waals surface area contributed by atoms with E-state index in [1.54, 1.807) is 0 Å². The Kier molecular flexibility index (Phi) is 5.17. The van der Waals surface area contributed by atoms with E-state index in [1.807, 2.05) is 68.9 Å². The maximum atomic E-state index is 12.1. The Morgan fingerprint density at radius 2 is 1.76 bits per heavy atom. The van der Waals surface area contributed by atoms with Crippen molar-refractivity contribution in [1.82, 2.24) is 25.1 Å². The van der Waals surface area contributed by atoms with Crippen molar-refractivity contribution >= 4 is 17.5 Å². The predicted octanol–water partition coefficient (Wildman–Crippen LogP) is 5.19. The number of aryl methyl sites for hydroxylation is 3. The highest BCUT2D eigenvalue weighted by atomic mass is 16.2. The van der Waals surface area contributed by atoms with Gasteiger partial charge in [0.05, 0.1) is 6.04 Å². The van der Waals surface area contributed by atoms with Crippen LogP contribution in [0, 0.1) is 13.8 Å². The van der Waals surface area contributed by atoms with Gasteiger partial charge in [0.25, 0.3) is 5.91 Å². The standard InChI is InChI=1S/C26H26N6O/c1-5-32-26(29-23-13-21-17(4)28-25(33)22(21)12-15(23)2)30-24(31-32)19-10-8-18(9-11-19)20-7-6-16(3)27-14-20/h6-14,17H,5H2,1-4H3,(H,28,33)(H,29,30,31)/t17-/m1/s1. The molecule has 1 aliphatic rings. The van der Waals surface area contributed by atoms with Crippen LogP contribution in [0.1, 0.15) is 47.1 Å². The number of carbonyl (C=O) groups is 1. The zero-order valence-electron chi connectivity index (χ0n) is 19.2. The molecule has 0 spiro atoms. The number of rotatable bonds is 5. The molecule has 166 valence electrons. The van der Waals surface area contributed by atoms with Crippen LogP contribution in [0.25, 0.3) is 22.5 Å². The molecule has 1 aliphatic heterocycles. The van der Waals surface area contributed by atoms with Crippen LogP contribution in [-0.4, -0.2) is 25.7 Å². The van der Waals surface area contributed by atoms with E-state index in [0.717, 1.165) is 44.8 Å². The molecule has 0 saturated carbocycles. The highest BCUT2D eigenvalue weighted by Crippen LogP contribution is 2.32. The highest BCUT2D eigenvalue weighted by Gasteiger charge is 2.26. The molecular weight excluding hydrogens is 412 g/mol. The maximum absolute atomic E-state index is 12.1. The quantitative estimate of drug-likeness (QED) is 0.448. The van der Waals surface area contributed by atoms with Crippen molar-refractivity contribution in [1.29, 1.82) is 0 Å². The zero-order valence-corrected chi connectivity index (χ0v) is 19.2. The predicted molar refractivity (Wildman–Crippen MR) is 129 cm³/mol. The van der Waals surface area contributed by atoms with Gasteiger partial charge in [0.15, 0.2) is 5.82 Å². The lowest BCUT2D eigenvalue weighted by molar-refractivity contribution is 0.0958. The molecule has 0 unspecified atom stereocenters. The van der Waals surface area contributed by atoms with Gasteiger partial charge in [-0.1, -0.05) is 30.3 Å². The summed E-state index contributed by atoms with van der Waals surface area (Å²) in [4.78, 5) is 21.3. The van der Waals surface area contributed by atoms with E-state index >= 15 is 0 Å². The number of anilines is 2. The number of nitrogens with one attached hydrogen (secondary N) is 2. The van der Waals surface area contributed by atoms with Crippen molar-refractivity contribution in [3.05, 3.63) is 77.1 Å². The van der Waals surface area contributed by atoms with Gasteiger partial charge in [-0.15, -0.1) is 5.10 Å². The number of hydrogen-bond acceptors (Lipinski definition) is 5. The molecule has 0 saturated heterocycles. The Bertz CT molecular complexity index is 1340. The number of benzene rings is 2. The van der Waals surface area contributed by atoms with Crippen LogP contribution in [0.4, 0.5) is 11.6 Å². The fraction of sp³-hybridized carbons (Fsp3) is 0.231. The Morgan fingerprint density at radius 3 is 2.45 bits per heavy atom. The molecule has 0 fully saturated rings. The van der Waals surface area contributed by atoms with E-state index in [9.17, 15) is 4.79 Å². The van der Waals surface area contributed by atoms with Crippen LogP contribution in [-0.2, 0) is 6.54 Å². The minimum absolute atomic E-state index is 0.00417. The Morgan fingerprint density at radius 1 is 1.03 bits per heavy atom. The molecular formula is C26H26N6O. The van der Waals surface area contributed by atoms with Crippen molar-refractivity contribution in [2.45, 2.75) is 40.3 Å². The molecule has 0 aliphatic carbocycles. The molecule has 33 heavy (non-hydrogen) atoms. The van der Waals surface area contributed by atoms with E-state index < -0.39 is 0 Å². The smallest absolute Gasteiger partial charge is 0.252 e. The summed E-state index contributed by atoms with van der Waals surface area (Å²) in [6.07, 6.45) is 1.89. The largest absolute Gasteiger partial charge is 0.345 e. The van der Waals surface area contributed by atoms with Crippen LogP contribution < -0.4 is 10.6 Å². The summed E-state index contributed by atoms with van der Waals surface area (Å²) >= 11 is 0. The second-order valence-corrected chi connectivity index (χ2v) is 8.41. The highest BCUT2D eigenvalue weighted by molar-refractivity contribution is 6.00. The van der Waals surface area contributed by atoms with E-state index in [2.05, 4.69) is 33.8 Å². The van der Waals surface area contributed by atoms with Crippen LogP contribution >= 0.6 is 0 Å². The monoisotopic (exact) mass is 438 g/mol. The Hall–Kier alpha value is -4.00. The normalized spacial score (nSPS) is 14.8. The summed E-state index contributed by atoms with van der Waals surface area (Å²) in [6, 6.07) is 16.3. The van der Waals surface area contributed by atoms with Crippen molar-refractivity contribution < 1.29 is 4.79 Å². The van der Waals surface area contributed by atoms with Crippen molar-refractivity contribution in [2.24, 2.45) is 0 Å². The fourth-order valence-electron chi connectivity index (χ4n) is 4.11. The molecule has 0 radical (unpaired) electrons. The second kappa shape index (κ2) is 8.16. The summed E-state index contributed by atoms with van der Waals surface area (Å²) in [5, 5.41) is 11.1. The molecule has 2 aromatic heterocycles. The number of pyridine rings is 1. The van der Waals surface area contributed by atoms with Crippen molar-refractivity contribution in [3.8, 4) is 22.5 Å². The Balaban J connectivity index is 1.43. The van der Waals surface area contributed by atoms with Gasteiger partial charge in [0.1, 0.15) is 0 Å². The van der Waals surface area contributed by atoms with Gasteiger partial charge >= 0.3 is 0 Å². The van der Waals surface area contributed by atoms with Gasteiger partial charge in [-0.3, -0.25) is 9.78 Å². The van der Waals surface area contributed by atoms with Gasteiger partial charge in [0, 0.05) is 40.8 Å². The summed E-state index contributed by atoms with van der Waals surface area (Å²) in [6.45, 7) is 8.69. The first-order chi connectivity index (χ1) is 15.9.